The molecule has 14 aromatic carbocycles. The molecule has 0 heterocycles. The molecule has 2 aliphatic rings. The highest BCUT2D eigenvalue weighted by atomic mass is 15.2. The molecule has 2 heteroatoms. The summed E-state index contributed by atoms with van der Waals surface area (Å²) in [5.41, 5.74) is 22.1. The molecule has 2 aliphatic carbocycles. The maximum atomic E-state index is 2.65. The van der Waals surface area contributed by atoms with E-state index in [-0.39, 0.29) is 10.8 Å². The number of nitrogens with zero attached hydrogens (tertiary/aromatic N) is 2. The van der Waals surface area contributed by atoms with E-state index in [1.807, 2.05) is 0 Å². The van der Waals surface area contributed by atoms with Gasteiger partial charge >= 0.3 is 0 Å². The standard InChI is InChI=1S/C88H70N2/c1-85(2,3)61-49-53-67(54-50-61)89(77-47-27-31-59-29-19-21-41-69(59)77)79-57-75-82(72-44-24-26-46-74(72)87(75,63-33-11-7-12-34-63)64-35-13-8-14-36-64)84-80(90(68-55-51-62(52-56-68)86(4,5)6)78-48-28-32-60-30-20-22-42-70(60)78)58-76-81(83(79)84)71-43-23-25-45-73(71)88(76,65-37-15-9-16-38-65)66-39-17-10-18-40-66/h7-58H,1-6H3. The van der Waals surface area contributed by atoms with Gasteiger partial charge in [-0.25, -0.2) is 0 Å². The number of hydrogen-bond acceptors (Lipinski definition) is 2. The van der Waals surface area contributed by atoms with Crippen molar-refractivity contribution in [2.75, 3.05) is 9.80 Å². The van der Waals surface area contributed by atoms with Crippen LogP contribution in [0, 0.1) is 0 Å². The lowest BCUT2D eigenvalue weighted by Gasteiger charge is -2.38. The summed E-state index contributed by atoms with van der Waals surface area (Å²) in [6, 6.07) is 120. The number of fused-ring (bicyclic) bond motifs is 11. The average molecular weight is 1160 g/mol. The first-order chi connectivity index (χ1) is 44.0. The van der Waals surface area contributed by atoms with Crippen LogP contribution in [-0.2, 0) is 21.7 Å². The molecule has 2 nitrogen and oxygen atoms in total. The Kier molecular flexibility index (Phi) is 12.8. The Morgan fingerprint density at radius 3 is 0.900 bits per heavy atom. The molecule has 0 fully saturated rings. The van der Waals surface area contributed by atoms with Gasteiger partial charge in [-0.15, -0.1) is 0 Å². The zero-order valence-electron chi connectivity index (χ0n) is 51.9. The third kappa shape index (κ3) is 8.31. The second kappa shape index (κ2) is 21.1. The molecule has 0 unspecified atom stereocenters. The van der Waals surface area contributed by atoms with Crippen molar-refractivity contribution in [1.82, 2.24) is 0 Å². The Morgan fingerprint density at radius 1 is 0.256 bits per heavy atom. The van der Waals surface area contributed by atoms with Crippen molar-refractivity contribution >= 4 is 66.4 Å². The lowest BCUT2D eigenvalue weighted by atomic mass is 9.66. The summed E-state index contributed by atoms with van der Waals surface area (Å²) >= 11 is 0. The van der Waals surface area contributed by atoms with Gasteiger partial charge in [0.25, 0.3) is 0 Å². The van der Waals surface area contributed by atoms with Crippen LogP contribution in [0.1, 0.15) is 97.2 Å². The van der Waals surface area contributed by atoms with Crippen molar-refractivity contribution in [3.63, 3.8) is 0 Å². The predicted octanol–water partition coefficient (Wildman–Crippen LogP) is 23.4. The van der Waals surface area contributed by atoms with Crippen molar-refractivity contribution in [3.05, 3.63) is 371 Å². The van der Waals surface area contributed by atoms with Gasteiger partial charge in [0.15, 0.2) is 0 Å². The summed E-state index contributed by atoms with van der Waals surface area (Å²) in [6.07, 6.45) is 0. The van der Waals surface area contributed by atoms with E-state index in [1.54, 1.807) is 0 Å². The normalized spacial score (nSPS) is 13.6. The molecule has 0 saturated carbocycles. The molecule has 0 aliphatic heterocycles. The molecule has 0 aromatic heterocycles. The molecule has 432 valence electrons. The molecule has 90 heavy (non-hydrogen) atoms. The highest BCUT2D eigenvalue weighted by molar-refractivity contribution is 6.24. The molecule has 0 radical (unpaired) electrons. The minimum atomic E-state index is -0.775. The Hall–Kier alpha value is -10.5. The Bertz CT molecular complexity index is 4640. The summed E-state index contributed by atoms with van der Waals surface area (Å²) in [5.74, 6) is 0. The molecule has 0 atom stereocenters. The summed E-state index contributed by atoms with van der Waals surface area (Å²) in [6.45, 7) is 13.9. The van der Waals surface area contributed by atoms with Crippen LogP contribution < -0.4 is 9.80 Å². The summed E-state index contributed by atoms with van der Waals surface area (Å²) in [7, 11) is 0. The Balaban J connectivity index is 1.21. The van der Waals surface area contributed by atoms with Crippen LogP contribution in [0.5, 0.6) is 0 Å². The van der Waals surface area contributed by atoms with Gasteiger partial charge in [0.05, 0.1) is 33.6 Å². The van der Waals surface area contributed by atoms with Crippen LogP contribution in [0.3, 0.4) is 0 Å². The maximum Gasteiger partial charge on any atom is 0.0714 e. The fourth-order valence-corrected chi connectivity index (χ4v) is 15.6. The van der Waals surface area contributed by atoms with Crippen LogP contribution in [0.15, 0.2) is 315 Å². The summed E-state index contributed by atoms with van der Waals surface area (Å²) < 4.78 is 0. The first-order valence-electron chi connectivity index (χ1n) is 31.8. The van der Waals surface area contributed by atoms with Crippen LogP contribution in [0.4, 0.5) is 34.1 Å². The van der Waals surface area contributed by atoms with E-state index < -0.39 is 10.8 Å². The lowest BCUT2D eigenvalue weighted by molar-refractivity contribution is 0.590. The molecule has 0 amide bonds. The zero-order chi connectivity index (χ0) is 60.9. The largest absolute Gasteiger partial charge is 0.309 e. The Labute approximate surface area is 529 Å². The fourth-order valence-electron chi connectivity index (χ4n) is 15.6. The van der Waals surface area contributed by atoms with Gasteiger partial charge in [-0.05, 0) is 148 Å². The maximum absolute atomic E-state index is 2.65. The molecule has 0 saturated heterocycles. The van der Waals surface area contributed by atoms with Gasteiger partial charge in [0, 0.05) is 32.9 Å². The van der Waals surface area contributed by atoms with Crippen molar-refractivity contribution in [2.45, 2.75) is 63.2 Å². The first kappa shape index (κ1) is 54.8. The van der Waals surface area contributed by atoms with Gasteiger partial charge in [0.2, 0.25) is 0 Å². The van der Waals surface area contributed by atoms with Crippen LogP contribution >= 0.6 is 0 Å². The van der Waals surface area contributed by atoms with E-state index in [9.17, 15) is 0 Å². The quantitative estimate of drug-likeness (QED) is 0.135. The van der Waals surface area contributed by atoms with Crippen LogP contribution in [0.25, 0.3) is 54.6 Å². The van der Waals surface area contributed by atoms with Crippen molar-refractivity contribution < 1.29 is 0 Å². The predicted molar refractivity (Wildman–Crippen MR) is 380 cm³/mol. The molecule has 0 bridgehead atoms. The minimum Gasteiger partial charge on any atom is -0.309 e. The van der Waals surface area contributed by atoms with Crippen LogP contribution in [0.2, 0.25) is 0 Å². The van der Waals surface area contributed by atoms with Crippen molar-refractivity contribution in [2.24, 2.45) is 0 Å². The van der Waals surface area contributed by atoms with Gasteiger partial charge in [-0.2, -0.15) is 0 Å². The smallest absolute Gasteiger partial charge is 0.0714 e. The molecule has 0 N–H and O–H groups in total. The number of hydrogen-bond donors (Lipinski definition) is 0. The number of benzene rings is 14. The molecule has 14 aromatic rings. The molecular weight excluding hydrogens is 1080 g/mol. The third-order valence-corrected chi connectivity index (χ3v) is 19.7. The van der Waals surface area contributed by atoms with E-state index in [0.717, 1.165) is 34.1 Å². The molecule has 16 rings (SSSR count). The fraction of sp³-hybridized carbons (Fsp3) is 0.114. The highest BCUT2D eigenvalue weighted by Crippen LogP contribution is 2.67. The minimum absolute atomic E-state index is 0.0758. The van der Waals surface area contributed by atoms with E-state index in [4.69, 9.17) is 0 Å². The zero-order valence-corrected chi connectivity index (χ0v) is 51.9. The SMILES string of the molecule is CC(C)(C)c1ccc(N(c2cccc3ccccc23)c2cc3c(c4c(N(c5ccc(C(C)(C)C)cc5)c5cccc6ccccc56)cc5c(c24)-c2ccccc2C5(c2ccccc2)c2ccccc2)-c2ccccc2C3(c2ccccc2)c2ccccc2)cc1. The topological polar surface area (TPSA) is 6.48 Å². The third-order valence-electron chi connectivity index (χ3n) is 19.7. The second-order valence-corrected chi connectivity index (χ2v) is 26.7. The highest BCUT2D eigenvalue weighted by Gasteiger charge is 2.52. The second-order valence-electron chi connectivity index (χ2n) is 26.7. The van der Waals surface area contributed by atoms with E-state index in [1.165, 1.54) is 110 Å². The van der Waals surface area contributed by atoms with E-state index in [0.29, 0.717) is 0 Å². The number of anilines is 6. The first-order valence-corrected chi connectivity index (χ1v) is 31.8. The van der Waals surface area contributed by atoms with Crippen LogP contribution in [-0.4, -0.2) is 0 Å². The summed E-state index contributed by atoms with van der Waals surface area (Å²) in [5, 5.41) is 7.05. The van der Waals surface area contributed by atoms with E-state index in [2.05, 4.69) is 367 Å². The average Bonchev–Trinajstić information content (AvgIpc) is 1.48. The lowest BCUT2D eigenvalue weighted by Crippen LogP contribution is -2.29. The van der Waals surface area contributed by atoms with Crippen molar-refractivity contribution in [1.29, 1.82) is 0 Å². The van der Waals surface area contributed by atoms with Gasteiger partial charge in [0.1, 0.15) is 0 Å². The van der Waals surface area contributed by atoms with Gasteiger partial charge < -0.3 is 9.80 Å². The monoisotopic (exact) mass is 1150 g/mol. The van der Waals surface area contributed by atoms with E-state index >= 15 is 0 Å². The molecule has 0 spiro atoms. The number of rotatable bonds is 10. The van der Waals surface area contributed by atoms with Crippen molar-refractivity contribution in [3.8, 4) is 22.3 Å². The van der Waals surface area contributed by atoms with Gasteiger partial charge in [-0.3, -0.25) is 0 Å². The Morgan fingerprint density at radius 2 is 0.556 bits per heavy atom. The van der Waals surface area contributed by atoms with Gasteiger partial charge in [-0.1, -0.05) is 308 Å². The molecular formula is C88H70N2. The summed E-state index contributed by atoms with van der Waals surface area (Å²) in [4.78, 5) is 5.28.